The number of aromatic nitrogens is 1. The van der Waals surface area contributed by atoms with Crippen molar-refractivity contribution in [2.24, 2.45) is 5.92 Å². The van der Waals surface area contributed by atoms with Gasteiger partial charge >= 0.3 is 5.97 Å². The fourth-order valence-corrected chi connectivity index (χ4v) is 2.42. The van der Waals surface area contributed by atoms with Crippen molar-refractivity contribution >= 4 is 11.9 Å². The third-order valence-corrected chi connectivity index (χ3v) is 3.48. The lowest BCUT2D eigenvalue weighted by Crippen LogP contribution is -2.46. The zero-order valence-corrected chi connectivity index (χ0v) is 11.6. The van der Waals surface area contributed by atoms with E-state index >= 15 is 0 Å². The molecule has 1 fully saturated rings. The number of rotatable bonds is 4. The van der Waals surface area contributed by atoms with Crippen molar-refractivity contribution < 1.29 is 19.4 Å². The highest BCUT2D eigenvalue weighted by molar-refractivity contribution is 5.93. The summed E-state index contributed by atoms with van der Waals surface area (Å²) in [4.78, 5) is 29.4. The van der Waals surface area contributed by atoms with Gasteiger partial charge in [-0.05, 0) is 26.0 Å². The van der Waals surface area contributed by atoms with Gasteiger partial charge in [-0.3, -0.25) is 9.59 Å². The largest absolute Gasteiger partial charge is 0.481 e. The SMILES string of the molecule is CCN(C(=O)c1cccc(C)n1)C1COCC1C(=O)O. The Bertz CT molecular complexity index is 518. The average molecular weight is 278 g/mol. The van der Waals surface area contributed by atoms with Gasteiger partial charge in [0, 0.05) is 12.2 Å². The molecular weight excluding hydrogens is 260 g/mol. The molecule has 1 aromatic rings. The van der Waals surface area contributed by atoms with Crippen molar-refractivity contribution in [3.8, 4) is 0 Å². The van der Waals surface area contributed by atoms with Gasteiger partial charge in [0.2, 0.25) is 0 Å². The fourth-order valence-electron chi connectivity index (χ4n) is 2.42. The molecule has 2 unspecified atom stereocenters. The summed E-state index contributed by atoms with van der Waals surface area (Å²) in [6, 6.07) is 4.78. The van der Waals surface area contributed by atoms with E-state index in [1.54, 1.807) is 12.1 Å². The molecule has 6 nitrogen and oxygen atoms in total. The van der Waals surface area contributed by atoms with Crippen LogP contribution >= 0.6 is 0 Å². The maximum Gasteiger partial charge on any atom is 0.311 e. The predicted octanol–water partition coefficient (Wildman–Crippen LogP) is 0.952. The number of carbonyl (C=O) groups excluding carboxylic acids is 1. The molecule has 0 radical (unpaired) electrons. The number of carboxylic acids is 1. The second kappa shape index (κ2) is 6.00. The van der Waals surface area contributed by atoms with Crippen LogP contribution in [-0.2, 0) is 9.53 Å². The van der Waals surface area contributed by atoms with E-state index in [1.807, 2.05) is 19.9 Å². The summed E-state index contributed by atoms with van der Waals surface area (Å²) >= 11 is 0. The fraction of sp³-hybridized carbons (Fsp3) is 0.500. The Kier molecular flexibility index (Phi) is 4.34. The molecule has 0 bridgehead atoms. The Morgan fingerprint density at radius 3 is 2.80 bits per heavy atom. The van der Waals surface area contributed by atoms with E-state index in [4.69, 9.17) is 4.74 Å². The van der Waals surface area contributed by atoms with Crippen LogP contribution in [-0.4, -0.2) is 52.7 Å². The zero-order chi connectivity index (χ0) is 14.7. The van der Waals surface area contributed by atoms with E-state index < -0.39 is 17.9 Å². The van der Waals surface area contributed by atoms with Gasteiger partial charge in [0.25, 0.3) is 5.91 Å². The third-order valence-electron chi connectivity index (χ3n) is 3.48. The predicted molar refractivity (Wildman–Crippen MR) is 71.4 cm³/mol. The number of aryl methyl sites for hydroxylation is 1. The highest BCUT2D eigenvalue weighted by Crippen LogP contribution is 2.21. The Balaban J connectivity index is 2.23. The summed E-state index contributed by atoms with van der Waals surface area (Å²) in [7, 11) is 0. The summed E-state index contributed by atoms with van der Waals surface area (Å²) in [5, 5.41) is 9.19. The molecule has 0 aliphatic carbocycles. The second-order valence-corrected chi connectivity index (χ2v) is 4.80. The summed E-state index contributed by atoms with van der Waals surface area (Å²) < 4.78 is 5.23. The zero-order valence-electron chi connectivity index (χ0n) is 11.6. The lowest BCUT2D eigenvalue weighted by atomic mass is 10.0. The first-order valence-corrected chi connectivity index (χ1v) is 6.59. The molecule has 0 aromatic carbocycles. The van der Waals surface area contributed by atoms with Crippen LogP contribution in [0.2, 0.25) is 0 Å². The normalized spacial score (nSPS) is 21.7. The Morgan fingerprint density at radius 2 is 2.20 bits per heavy atom. The van der Waals surface area contributed by atoms with Crippen molar-refractivity contribution in [2.45, 2.75) is 19.9 Å². The Labute approximate surface area is 117 Å². The van der Waals surface area contributed by atoms with Crippen molar-refractivity contribution in [3.05, 3.63) is 29.6 Å². The van der Waals surface area contributed by atoms with E-state index in [2.05, 4.69) is 4.98 Å². The molecule has 1 aromatic heterocycles. The van der Waals surface area contributed by atoms with Gasteiger partial charge in [0.05, 0.1) is 19.3 Å². The van der Waals surface area contributed by atoms with Crippen molar-refractivity contribution in [1.29, 1.82) is 0 Å². The first-order chi connectivity index (χ1) is 9.54. The molecule has 0 spiro atoms. The van der Waals surface area contributed by atoms with Crippen molar-refractivity contribution in [1.82, 2.24) is 9.88 Å². The van der Waals surface area contributed by atoms with Crippen LogP contribution in [0.25, 0.3) is 0 Å². The number of hydrogen-bond acceptors (Lipinski definition) is 4. The third kappa shape index (κ3) is 2.80. The van der Waals surface area contributed by atoms with Crippen LogP contribution in [0.5, 0.6) is 0 Å². The topological polar surface area (TPSA) is 79.7 Å². The van der Waals surface area contributed by atoms with E-state index in [0.717, 1.165) is 5.69 Å². The van der Waals surface area contributed by atoms with E-state index in [1.165, 1.54) is 4.90 Å². The molecule has 108 valence electrons. The molecule has 0 saturated carbocycles. The number of ether oxygens (including phenoxy) is 1. The standard InChI is InChI=1S/C14H18N2O4/c1-3-16(12-8-20-7-10(12)14(18)19)13(17)11-6-4-5-9(2)15-11/h4-6,10,12H,3,7-8H2,1-2H3,(H,18,19). The number of hydrogen-bond donors (Lipinski definition) is 1. The van der Waals surface area contributed by atoms with Crippen molar-refractivity contribution in [2.75, 3.05) is 19.8 Å². The first kappa shape index (κ1) is 14.5. The van der Waals surface area contributed by atoms with Crippen molar-refractivity contribution in [3.63, 3.8) is 0 Å². The molecule has 1 aliphatic rings. The molecule has 20 heavy (non-hydrogen) atoms. The van der Waals surface area contributed by atoms with Gasteiger partial charge in [0.15, 0.2) is 0 Å². The van der Waals surface area contributed by atoms with Crippen LogP contribution in [0.15, 0.2) is 18.2 Å². The maximum atomic E-state index is 12.5. The first-order valence-electron chi connectivity index (χ1n) is 6.59. The minimum absolute atomic E-state index is 0.144. The summed E-state index contributed by atoms with van der Waals surface area (Å²) in [6.07, 6.45) is 0. The molecule has 2 heterocycles. The number of carbonyl (C=O) groups is 2. The number of pyridine rings is 1. The van der Waals surface area contributed by atoms with Gasteiger partial charge in [-0.2, -0.15) is 0 Å². The summed E-state index contributed by atoms with van der Waals surface area (Å²) in [6.45, 7) is 4.45. The minimum Gasteiger partial charge on any atom is -0.481 e. The van der Waals surface area contributed by atoms with Gasteiger partial charge in [-0.15, -0.1) is 0 Å². The van der Waals surface area contributed by atoms with Crippen LogP contribution in [0, 0.1) is 12.8 Å². The van der Waals surface area contributed by atoms with Crippen LogP contribution in [0.1, 0.15) is 23.1 Å². The highest BCUT2D eigenvalue weighted by atomic mass is 16.5. The minimum atomic E-state index is -0.934. The van der Waals surface area contributed by atoms with Crippen LogP contribution < -0.4 is 0 Å². The number of aliphatic carboxylic acids is 1. The van der Waals surface area contributed by atoms with Crippen LogP contribution in [0.3, 0.4) is 0 Å². The molecule has 1 N–H and O–H groups in total. The smallest absolute Gasteiger partial charge is 0.311 e. The quantitative estimate of drug-likeness (QED) is 0.887. The molecule has 1 aliphatic heterocycles. The number of amides is 1. The monoisotopic (exact) mass is 278 g/mol. The summed E-state index contributed by atoms with van der Waals surface area (Å²) in [5.74, 6) is -1.86. The van der Waals surface area contributed by atoms with Gasteiger partial charge in [-0.25, -0.2) is 4.98 Å². The van der Waals surface area contributed by atoms with Gasteiger partial charge in [-0.1, -0.05) is 6.07 Å². The second-order valence-electron chi connectivity index (χ2n) is 4.80. The highest BCUT2D eigenvalue weighted by Gasteiger charge is 2.39. The lowest BCUT2D eigenvalue weighted by Gasteiger charge is -2.29. The van der Waals surface area contributed by atoms with E-state index in [0.29, 0.717) is 12.2 Å². The van der Waals surface area contributed by atoms with Crippen LogP contribution in [0.4, 0.5) is 0 Å². The van der Waals surface area contributed by atoms with E-state index in [9.17, 15) is 14.7 Å². The molecule has 1 saturated heterocycles. The molecular formula is C14H18N2O4. The van der Waals surface area contributed by atoms with E-state index in [-0.39, 0.29) is 19.1 Å². The molecule has 2 atom stereocenters. The number of nitrogens with zero attached hydrogens (tertiary/aromatic N) is 2. The summed E-state index contributed by atoms with van der Waals surface area (Å²) in [5.41, 5.74) is 1.09. The van der Waals surface area contributed by atoms with Gasteiger partial charge in [0.1, 0.15) is 11.6 Å². The number of carboxylic acid groups (broad SMARTS) is 1. The molecule has 1 amide bonds. The van der Waals surface area contributed by atoms with Gasteiger partial charge < -0.3 is 14.7 Å². The average Bonchev–Trinajstić information content (AvgIpc) is 2.89. The maximum absolute atomic E-state index is 12.5. The lowest BCUT2D eigenvalue weighted by molar-refractivity contribution is -0.142. The molecule has 2 rings (SSSR count). The molecule has 6 heteroatoms. The Hall–Kier alpha value is -1.95. The Morgan fingerprint density at radius 1 is 1.45 bits per heavy atom. The number of likely N-dealkylation sites (N-methyl/N-ethyl adjacent to an activating group) is 1.